The highest BCUT2D eigenvalue weighted by Gasteiger charge is 2.22. The molecule has 26 heavy (non-hydrogen) atoms. The van der Waals surface area contributed by atoms with Crippen LogP contribution in [0.3, 0.4) is 0 Å². The number of carbonyl (C=O) groups is 1. The van der Waals surface area contributed by atoms with Crippen molar-refractivity contribution in [2.24, 2.45) is 11.8 Å². The second-order valence-corrected chi connectivity index (χ2v) is 8.82. The first kappa shape index (κ1) is 21.4. The van der Waals surface area contributed by atoms with Crippen LogP contribution < -0.4 is 10.6 Å². The lowest BCUT2D eigenvalue weighted by Crippen LogP contribution is -2.34. The molecule has 3 rings (SSSR count). The van der Waals surface area contributed by atoms with Crippen LogP contribution in [0, 0.1) is 11.8 Å². The monoisotopic (exact) mass is 432 g/mol. The van der Waals surface area contributed by atoms with Gasteiger partial charge in [-0.2, -0.15) is 0 Å². The van der Waals surface area contributed by atoms with Crippen molar-refractivity contribution < 1.29 is 4.79 Å². The lowest BCUT2D eigenvalue weighted by Gasteiger charge is -2.28. The second kappa shape index (κ2) is 10.5. The van der Waals surface area contributed by atoms with Gasteiger partial charge in [0.05, 0.1) is 5.02 Å². The lowest BCUT2D eigenvalue weighted by atomic mass is 9.85. The van der Waals surface area contributed by atoms with Crippen LogP contribution in [0.5, 0.6) is 0 Å². The molecule has 2 atom stereocenters. The van der Waals surface area contributed by atoms with E-state index >= 15 is 0 Å². The van der Waals surface area contributed by atoms with Gasteiger partial charge in [-0.05, 0) is 56.0 Å². The Morgan fingerprint density at radius 3 is 3.04 bits per heavy atom. The van der Waals surface area contributed by atoms with Crippen molar-refractivity contribution >= 4 is 58.7 Å². The van der Waals surface area contributed by atoms with Gasteiger partial charge in [0.1, 0.15) is 5.51 Å². The highest BCUT2D eigenvalue weighted by molar-refractivity contribution is 8.01. The quantitative estimate of drug-likeness (QED) is 0.690. The first-order chi connectivity index (χ1) is 12.1. The Kier molecular flexibility index (Phi) is 8.63. The molecule has 1 saturated heterocycles. The Morgan fingerprint density at radius 2 is 2.38 bits per heavy atom. The van der Waals surface area contributed by atoms with E-state index in [2.05, 4.69) is 27.8 Å². The van der Waals surface area contributed by atoms with E-state index in [1.165, 1.54) is 35.9 Å². The van der Waals surface area contributed by atoms with Crippen LogP contribution in [0.2, 0.25) is 5.02 Å². The summed E-state index contributed by atoms with van der Waals surface area (Å²) in [6, 6.07) is 5.56. The molecule has 1 aromatic carbocycles. The number of anilines is 1. The molecule has 1 amide bonds. The summed E-state index contributed by atoms with van der Waals surface area (Å²) in [5.74, 6) is 0.989. The molecule has 2 aromatic rings. The van der Waals surface area contributed by atoms with Crippen molar-refractivity contribution in [3.8, 4) is 0 Å². The van der Waals surface area contributed by atoms with Crippen LogP contribution in [-0.2, 0) is 4.79 Å². The Balaban J connectivity index is 0.00000243. The zero-order valence-corrected chi connectivity index (χ0v) is 17.6. The van der Waals surface area contributed by atoms with Gasteiger partial charge in [-0.1, -0.05) is 41.6 Å². The van der Waals surface area contributed by atoms with Gasteiger partial charge in [-0.3, -0.25) is 4.79 Å². The molecule has 0 aliphatic carbocycles. The molecule has 1 fully saturated rings. The molecular formula is C17H22Cl2N4OS2. The van der Waals surface area contributed by atoms with Gasteiger partial charge in [0.2, 0.25) is 5.91 Å². The minimum Gasteiger partial charge on any atom is -0.326 e. The maximum atomic E-state index is 12.3. The number of hydrogen-bond donors (Lipinski definition) is 2. The Hall–Kier alpha value is -0.860. The van der Waals surface area contributed by atoms with E-state index in [4.69, 9.17) is 11.6 Å². The van der Waals surface area contributed by atoms with Gasteiger partial charge in [0, 0.05) is 17.0 Å². The zero-order valence-electron chi connectivity index (χ0n) is 14.4. The molecule has 0 spiro atoms. The van der Waals surface area contributed by atoms with Gasteiger partial charge in [-0.15, -0.1) is 22.6 Å². The third-order valence-electron chi connectivity index (χ3n) is 4.40. The third kappa shape index (κ3) is 6.09. The maximum absolute atomic E-state index is 12.3. The smallest absolute Gasteiger partial charge is 0.224 e. The summed E-state index contributed by atoms with van der Waals surface area (Å²) in [6.45, 7) is 4.26. The van der Waals surface area contributed by atoms with E-state index in [0.29, 0.717) is 23.3 Å². The number of nitrogens with zero attached hydrogens (tertiary/aromatic N) is 2. The standard InChI is InChI=1S/C17H21ClN4OS2.ClH/c1-11(12-3-2-6-19-9-12)7-16(23)21-13-4-5-15(14(18)8-13)25-17-22-20-10-24-17;/h4-5,8,10-12,19H,2-3,6-7,9H2,1H3,(H,21,23);1H. The molecule has 0 saturated carbocycles. The maximum Gasteiger partial charge on any atom is 0.224 e. The van der Waals surface area contributed by atoms with Crippen LogP contribution >= 0.6 is 47.1 Å². The van der Waals surface area contributed by atoms with E-state index in [1.807, 2.05) is 12.1 Å². The number of benzene rings is 1. The molecule has 5 nitrogen and oxygen atoms in total. The average Bonchev–Trinajstić information content (AvgIpc) is 3.11. The number of rotatable bonds is 6. The highest BCUT2D eigenvalue weighted by atomic mass is 35.5. The fourth-order valence-corrected chi connectivity index (χ4v) is 4.73. The lowest BCUT2D eigenvalue weighted by molar-refractivity contribution is -0.117. The van der Waals surface area contributed by atoms with Gasteiger partial charge in [0.25, 0.3) is 0 Å². The van der Waals surface area contributed by atoms with Crippen molar-refractivity contribution in [2.45, 2.75) is 35.4 Å². The van der Waals surface area contributed by atoms with Gasteiger partial charge in [-0.25, -0.2) is 0 Å². The first-order valence-corrected chi connectivity index (χ1v) is 10.4. The number of carbonyl (C=O) groups excluding carboxylic acids is 1. The molecule has 2 N–H and O–H groups in total. The van der Waals surface area contributed by atoms with Crippen molar-refractivity contribution in [3.05, 3.63) is 28.7 Å². The molecular weight excluding hydrogens is 411 g/mol. The van der Waals surface area contributed by atoms with E-state index in [-0.39, 0.29) is 18.3 Å². The fraction of sp³-hybridized carbons (Fsp3) is 0.471. The molecule has 1 aromatic heterocycles. The Labute approximate surface area is 173 Å². The molecule has 9 heteroatoms. The second-order valence-electron chi connectivity index (χ2n) is 6.29. The summed E-state index contributed by atoms with van der Waals surface area (Å²) in [5, 5.41) is 14.8. The molecule has 2 unspecified atom stereocenters. The van der Waals surface area contributed by atoms with Crippen LogP contribution in [-0.4, -0.2) is 29.2 Å². The van der Waals surface area contributed by atoms with E-state index in [9.17, 15) is 4.79 Å². The molecule has 0 bridgehead atoms. The predicted molar refractivity (Wildman–Crippen MR) is 111 cm³/mol. The number of amides is 1. The van der Waals surface area contributed by atoms with E-state index < -0.39 is 0 Å². The summed E-state index contributed by atoms with van der Waals surface area (Å²) in [7, 11) is 0. The Morgan fingerprint density at radius 1 is 1.54 bits per heavy atom. The molecule has 1 aliphatic rings. The van der Waals surface area contributed by atoms with Crippen molar-refractivity contribution in [3.63, 3.8) is 0 Å². The van der Waals surface area contributed by atoms with Crippen LogP contribution in [0.4, 0.5) is 5.69 Å². The number of hydrogen-bond acceptors (Lipinski definition) is 6. The van der Waals surface area contributed by atoms with Crippen LogP contribution in [0.15, 0.2) is 32.9 Å². The Bertz CT molecular complexity index is 709. The molecule has 0 radical (unpaired) electrons. The number of halogens is 2. The minimum absolute atomic E-state index is 0. The summed E-state index contributed by atoms with van der Waals surface area (Å²) in [5.41, 5.74) is 2.42. The summed E-state index contributed by atoms with van der Waals surface area (Å²) >= 11 is 9.27. The van der Waals surface area contributed by atoms with Crippen LogP contribution in [0.1, 0.15) is 26.2 Å². The number of nitrogens with one attached hydrogen (secondary N) is 2. The van der Waals surface area contributed by atoms with Gasteiger partial charge >= 0.3 is 0 Å². The summed E-state index contributed by atoms with van der Waals surface area (Å²) in [4.78, 5) is 13.2. The SMILES string of the molecule is CC(CC(=O)Nc1ccc(Sc2nncs2)c(Cl)c1)C1CCCNC1.Cl. The number of aromatic nitrogens is 2. The molecule has 142 valence electrons. The predicted octanol–water partition coefficient (Wildman–Crippen LogP) is 4.73. The third-order valence-corrected chi connectivity index (χ3v) is 6.68. The first-order valence-electron chi connectivity index (χ1n) is 8.36. The summed E-state index contributed by atoms with van der Waals surface area (Å²) in [6.07, 6.45) is 2.93. The highest BCUT2D eigenvalue weighted by Crippen LogP contribution is 2.35. The largest absolute Gasteiger partial charge is 0.326 e. The van der Waals surface area contributed by atoms with Gasteiger partial charge in [0.15, 0.2) is 4.34 Å². The molecule has 2 heterocycles. The minimum atomic E-state index is 0. The van der Waals surface area contributed by atoms with E-state index in [0.717, 1.165) is 28.0 Å². The normalized spacial score (nSPS) is 18.0. The van der Waals surface area contributed by atoms with Crippen molar-refractivity contribution in [2.75, 3.05) is 18.4 Å². The van der Waals surface area contributed by atoms with Crippen LogP contribution in [0.25, 0.3) is 0 Å². The van der Waals surface area contributed by atoms with Crippen molar-refractivity contribution in [1.82, 2.24) is 15.5 Å². The van der Waals surface area contributed by atoms with E-state index in [1.54, 1.807) is 11.6 Å². The topological polar surface area (TPSA) is 66.9 Å². The molecule has 1 aliphatic heterocycles. The zero-order chi connectivity index (χ0) is 17.6. The fourth-order valence-electron chi connectivity index (χ4n) is 3.00. The van der Waals surface area contributed by atoms with Gasteiger partial charge < -0.3 is 10.6 Å². The summed E-state index contributed by atoms with van der Waals surface area (Å²) < 4.78 is 0.841. The number of piperidine rings is 1. The van der Waals surface area contributed by atoms with Crippen molar-refractivity contribution in [1.29, 1.82) is 0 Å². The average molecular weight is 433 g/mol.